The summed E-state index contributed by atoms with van der Waals surface area (Å²) in [7, 11) is 0. The molecule has 0 radical (unpaired) electrons. The largest absolute Gasteiger partial charge is 0.485 e. The highest BCUT2D eigenvalue weighted by Gasteiger charge is 2.16. The monoisotopic (exact) mass is 336 g/mol. The highest BCUT2D eigenvalue weighted by molar-refractivity contribution is 9.10. The van der Waals surface area contributed by atoms with Crippen LogP contribution in [0.25, 0.3) is 0 Å². The average molecular weight is 337 g/mol. The summed E-state index contributed by atoms with van der Waals surface area (Å²) in [5, 5.41) is 0. The summed E-state index contributed by atoms with van der Waals surface area (Å²) in [5.41, 5.74) is 0. The molecule has 0 N–H and O–H groups in total. The van der Waals surface area contributed by atoms with Crippen LogP contribution in [0.1, 0.15) is 26.7 Å². The molecule has 1 aromatic carbocycles. The summed E-state index contributed by atoms with van der Waals surface area (Å²) in [6.45, 7) is 3.66. The zero-order valence-electron chi connectivity index (χ0n) is 10.7. The van der Waals surface area contributed by atoms with Crippen LogP contribution in [0.3, 0.4) is 0 Å². The Balaban J connectivity index is 2.57. The van der Waals surface area contributed by atoms with E-state index in [1.165, 1.54) is 0 Å². The number of esters is 1. The molecular weight excluding hydrogens is 322 g/mol. The molecule has 0 fully saturated rings. The second-order valence-electron chi connectivity index (χ2n) is 3.97. The van der Waals surface area contributed by atoms with Crippen molar-refractivity contribution in [2.24, 2.45) is 0 Å². The van der Waals surface area contributed by atoms with Gasteiger partial charge in [-0.2, -0.15) is 0 Å². The van der Waals surface area contributed by atoms with Gasteiger partial charge >= 0.3 is 5.97 Å². The Morgan fingerprint density at radius 2 is 1.95 bits per heavy atom. The molecule has 1 aromatic rings. The fourth-order valence-corrected chi connectivity index (χ4v) is 1.86. The van der Waals surface area contributed by atoms with E-state index in [9.17, 15) is 13.6 Å². The van der Waals surface area contributed by atoms with Crippen molar-refractivity contribution >= 4 is 21.9 Å². The van der Waals surface area contributed by atoms with Crippen molar-refractivity contribution in [2.45, 2.75) is 32.8 Å². The molecule has 19 heavy (non-hydrogen) atoms. The van der Waals surface area contributed by atoms with Crippen LogP contribution in [0.2, 0.25) is 0 Å². The van der Waals surface area contributed by atoms with Gasteiger partial charge in [0.05, 0.1) is 12.7 Å². The minimum atomic E-state index is -0.783. The maximum atomic E-state index is 13.5. The predicted molar refractivity (Wildman–Crippen MR) is 70.0 cm³/mol. The van der Waals surface area contributed by atoms with Crippen LogP contribution < -0.4 is 4.74 Å². The number of rotatable bonds is 6. The topological polar surface area (TPSA) is 35.5 Å². The fourth-order valence-electron chi connectivity index (χ4n) is 1.46. The second-order valence-corrected chi connectivity index (χ2v) is 4.89. The number of ether oxygens (including phenoxy) is 2. The molecule has 0 aliphatic carbocycles. The molecule has 1 unspecified atom stereocenters. The van der Waals surface area contributed by atoms with Gasteiger partial charge in [-0.25, -0.2) is 8.78 Å². The van der Waals surface area contributed by atoms with Crippen LogP contribution in [-0.4, -0.2) is 18.7 Å². The molecule has 3 nitrogen and oxygen atoms in total. The SMILES string of the molecule is CCOC(=O)CCC(C)Oc1c(F)cc(Br)cc1F. The van der Waals surface area contributed by atoms with Gasteiger partial charge < -0.3 is 9.47 Å². The molecular formula is C13H15BrF2O3. The summed E-state index contributed by atoms with van der Waals surface area (Å²) < 4.78 is 37.2. The van der Waals surface area contributed by atoms with Gasteiger partial charge in [-0.05, 0) is 32.4 Å². The Bertz CT molecular complexity index is 429. The maximum absolute atomic E-state index is 13.5. The van der Waals surface area contributed by atoms with Crippen molar-refractivity contribution in [3.05, 3.63) is 28.2 Å². The van der Waals surface area contributed by atoms with Crippen LogP contribution in [0, 0.1) is 11.6 Å². The van der Waals surface area contributed by atoms with E-state index in [1.54, 1.807) is 13.8 Å². The van der Waals surface area contributed by atoms with E-state index in [0.29, 0.717) is 17.5 Å². The minimum absolute atomic E-state index is 0.148. The molecule has 0 spiro atoms. The lowest BCUT2D eigenvalue weighted by Crippen LogP contribution is -2.16. The van der Waals surface area contributed by atoms with Gasteiger partial charge in [-0.1, -0.05) is 15.9 Å². The molecule has 0 aromatic heterocycles. The van der Waals surface area contributed by atoms with E-state index in [-0.39, 0.29) is 12.4 Å². The van der Waals surface area contributed by atoms with E-state index in [1.807, 2.05) is 0 Å². The van der Waals surface area contributed by atoms with Crippen LogP contribution in [0.4, 0.5) is 8.78 Å². The molecule has 1 rings (SSSR count). The van der Waals surface area contributed by atoms with Gasteiger partial charge in [0.15, 0.2) is 17.4 Å². The van der Waals surface area contributed by atoms with Crippen LogP contribution in [-0.2, 0) is 9.53 Å². The normalized spacial score (nSPS) is 12.1. The molecule has 0 saturated carbocycles. The number of hydrogen-bond acceptors (Lipinski definition) is 3. The van der Waals surface area contributed by atoms with Gasteiger partial charge in [0.2, 0.25) is 0 Å². The summed E-state index contributed by atoms with van der Waals surface area (Å²) >= 11 is 2.98. The molecule has 0 aliphatic heterocycles. The predicted octanol–water partition coefficient (Wildman–Crippen LogP) is 3.84. The fraction of sp³-hybridized carbons (Fsp3) is 0.462. The number of carbonyl (C=O) groups is 1. The molecule has 1 atom stereocenters. The summed E-state index contributed by atoms with van der Waals surface area (Å²) in [5.74, 6) is -2.35. The van der Waals surface area contributed by atoms with Crippen LogP contribution >= 0.6 is 15.9 Å². The van der Waals surface area contributed by atoms with Gasteiger partial charge in [0.1, 0.15) is 0 Å². The summed E-state index contributed by atoms with van der Waals surface area (Å²) in [4.78, 5) is 11.1. The molecule has 0 saturated heterocycles. The van der Waals surface area contributed by atoms with Gasteiger partial charge in [-0.3, -0.25) is 4.79 Å². The smallest absolute Gasteiger partial charge is 0.305 e. The molecule has 0 heterocycles. The number of benzene rings is 1. The molecule has 0 bridgehead atoms. The van der Waals surface area contributed by atoms with E-state index in [0.717, 1.165) is 12.1 Å². The van der Waals surface area contributed by atoms with Gasteiger partial charge in [0.25, 0.3) is 0 Å². The Morgan fingerprint density at radius 3 is 2.47 bits per heavy atom. The zero-order valence-corrected chi connectivity index (χ0v) is 12.3. The Hall–Kier alpha value is -1.17. The highest BCUT2D eigenvalue weighted by atomic mass is 79.9. The van der Waals surface area contributed by atoms with Crippen molar-refractivity contribution < 1.29 is 23.0 Å². The van der Waals surface area contributed by atoms with Crippen LogP contribution in [0.15, 0.2) is 16.6 Å². The maximum Gasteiger partial charge on any atom is 0.305 e. The number of carbonyl (C=O) groups excluding carboxylic acids is 1. The lowest BCUT2D eigenvalue weighted by atomic mass is 10.2. The first-order valence-corrected chi connectivity index (χ1v) is 6.70. The van der Waals surface area contributed by atoms with E-state index >= 15 is 0 Å². The lowest BCUT2D eigenvalue weighted by molar-refractivity contribution is -0.143. The third kappa shape index (κ3) is 5.14. The Morgan fingerprint density at radius 1 is 1.37 bits per heavy atom. The Labute approximate surface area is 119 Å². The molecule has 106 valence electrons. The van der Waals surface area contributed by atoms with E-state index < -0.39 is 23.5 Å². The van der Waals surface area contributed by atoms with Crippen molar-refractivity contribution in [3.63, 3.8) is 0 Å². The number of hydrogen-bond donors (Lipinski definition) is 0. The van der Waals surface area contributed by atoms with Gasteiger partial charge in [0, 0.05) is 10.9 Å². The lowest BCUT2D eigenvalue weighted by Gasteiger charge is -2.15. The van der Waals surface area contributed by atoms with Crippen molar-refractivity contribution in [1.29, 1.82) is 0 Å². The first-order chi connectivity index (χ1) is 8.93. The number of halogens is 3. The zero-order chi connectivity index (χ0) is 14.4. The Kier molecular flexibility index (Phi) is 6.21. The first kappa shape index (κ1) is 15.9. The molecule has 6 heteroatoms. The third-order valence-corrected chi connectivity index (χ3v) is 2.80. The quantitative estimate of drug-likeness (QED) is 0.740. The average Bonchev–Trinajstić information content (AvgIpc) is 2.31. The second kappa shape index (κ2) is 7.43. The van der Waals surface area contributed by atoms with Gasteiger partial charge in [-0.15, -0.1) is 0 Å². The molecule has 0 aliphatic rings. The first-order valence-electron chi connectivity index (χ1n) is 5.90. The highest BCUT2D eigenvalue weighted by Crippen LogP contribution is 2.27. The minimum Gasteiger partial charge on any atom is -0.485 e. The molecule has 0 amide bonds. The standard InChI is InChI=1S/C13H15BrF2O3/c1-3-18-12(17)5-4-8(2)19-13-10(15)6-9(14)7-11(13)16/h6-8H,3-5H2,1-2H3. The van der Waals surface area contributed by atoms with Crippen molar-refractivity contribution in [3.8, 4) is 5.75 Å². The van der Waals surface area contributed by atoms with E-state index in [2.05, 4.69) is 15.9 Å². The van der Waals surface area contributed by atoms with Crippen molar-refractivity contribution in [1.82, 2.24) is 0 Å². The summed E-state index contributed by atoms with van der Waals surface area (Å²) in [6, 6.07) is 2.24. The van der Waals surface area contributed by atoms with E-state index in [4.69, 9.17) is 9.47 Å². The third-order valence-electron chi connectivity index (χ3n) is 2.34. The summed E-state index contributed by atoms with van der Waals surface area (Å²) in [6.07, 6.45) is -0.0164. The van der Waals surface area contributed by atoms with Crippen LogP contribution in [0.5, 0.6) is 5.75 Å². The van der Waals surface area contributed by atoms with Crippen molar-refractivity contribution in [2.75, 3.05) is 6.61 Å².